The highest BCUT2D eigenvalue weighted by molar-refractivity contribution is 7.89. The maximum absolute atomic E-state index is 11.5. The summed E-state index contributed by atoms with van der Waals surface area (Å²) >= 11 is 0. The Labute approximate surface area is 130 Å². The van der Waals surface area contributed by atoms with Crippen molar-refractivity contribution in [3.8, 4) is 0 Å². The summed E-state index contributed by atoms with van der Waals surface area (Å²) in [7, 11) is -3.47. The molecule has 0 bridgehead atoms. The molecule has 126 valence electrons. The SMILES string of the molecule is CCC(CC)(COC1CC(C)CC(C)(C)C1)CS(N)(=O)=O. The van der Waals surface area contributed by atoms with Gasteiger partial charge >= 0.3 is 0 Å². The quantitative estimate of drug-likeness (QED) is 0.782. The summed E-state index contributed by atoms with van der Waals surface area (Å²) in [4.78, 5) is 0. The van der Waals surface area contributed by atoms with Crippen molar-refractivity contribution in [2.75, 3.05) is 12.4 Å². The lowest BCUT2D eigenvalue weighted by Crippen LogP contribution is -2.40. The first-order chi connectivity index (χ1) is 9.51. The Balaban J connectivity index is 2.69. The first kappa shape index (κ1) is 18.9. The van der Waals surface area contributed by atoms with Gasteiger partial charge in [0.1, 0.15) is 0 Å². The van der Waals surface area contributed by atoms with Crippen LogP contribution in [0.25, 0.3) is 0 Å². The second kappa shape index (κ2) is 6.97. The molecule has 2 N–H and O–H groups in total. The van der Waals surface area contributed by atoms with Crippen molar-refractivity contribution in [1.29, 1.82) is 0 Å². The molecule has 2 atom stereocenters. The predicted octanol–water partition coefficient (Wildman–Crippen LogP) is 3.31. The monoisotopic (exact) mass is 319 g/mol. The van der Waals surface area contributed by atoms with Gasteiger partial charge in [0.25, 0.3) is 0 Å². The number of primary sulfonamides is 1. The van der Waals surface area contributed by atoms with Crippen LogP contribution in [0.3, 0.4) is 0 Å². The summed E-state index contributed by atoms with van der Waals surface area (Å²) in [5.41, 5.74) is -0.0399. The standard InChI is InChI=1S/C16H33NO3S/c1-6-16(7-2,12-21(17,18)19)11-20-14-8-13(3)9-15(4,5)10-14/h13-14H,6-12H2,1-5H3,(H2,17,18,19). The van der Waals surface area contributed by atoms with Gasteiger partial charge in [-0.1, -0.05) is 34.6 Å². The van der Waals surface area contributed by atoms with Gasteiger partial charge in [-0.3, -0.25) is 0 Å². The molecule has 0 aromatic heterocycles. The van der Waals surface area contributed by atoms with E-state index in [1.54, 1.807) is 0 Å². The summed E-state index contributed by atoms with van der Waals surface area (Å²) in [6.07, 6.45) is 5.13. The second-order valence-corrected chi connectivity index (χ2v) is 9.48. The smallest absolute Gasteiger partial charge is 0.209 e. The third-order valence-corrected chi connectivity index (χ3v) is 5.99. The number of hydrogen-bond acceptors (Lipinski definition) is 3. The zero-order valence-electron chi connectivity index (χ0n) is 14.3. The molecule has 2 unspecified atom stereocenters. The molecule has 0 spiro atoms. The normalized spacial score (nSPS) is 26.8. The highest BCUT2D eigenvalue weighted by Crippen LogP contribution is 2.40. The summed E-state index contributed by atoms with van der Waals surface area (Å²) in [5.74, 6) is 0.674. The maximum Gasteiger partial charge on any atom is 0.209 e. The number of nitrogens with two attached hydrogens (primary N) is 1. The molecule has 1 aliphatic rings. The van der Waals surface area contributed by atoms with Crippen molar-refractivity contribution in [2.45, 2.75) is 72.8 Å². The van der Waals surface area contributed by atoms with Crippen LogP contribution in [0.4, 0.5) is 0 Å². The van der Waals surface area contributed by atoms with Crippen LogP contribution in [0.1, 0.15) is 66.7 Å². The second-order valence-electron chi connectivity index (χ2n) is 7.86. The molecule has 0 aromatic carbocycles. The van der Waals surface area contributed by atoms with Crippen LogP contribution < -0.4 is 5.14 Å². The zero-order valence-corrected chi connectivity index (χ0v) is 15.1. The van der Waals surface area contributed by atoms with E-state index in [1.165, 1.54) is 6.42 Å². The van der Waals surface area contributed by atoms with Crippen molar-refractivity contribution in [3.63, 3.8) is 0 Å². The van der Waals surface area contributed by atoms with Gasteiger partial charge in [-0.15, -0.1) is 0 Å². The topological polar surface area (TPSA) is 69.4 Å². The van der Waals surface area contributed by atoms with E-state index in [0.29, 0.717) is 17.9 Å². The fourth-order valence-electron chi connectivity index (χ4n) is 3.81. The Morgan fingerprint density at radius 1 is 1.24 bits per heavy atom. The molecule has 0 amide bonds. The Morgan fingerprint density at radius 2 is 1.81 bits per heavy atom. The van der Waals surface area contributed by atoms with Gasteiger partial charge in [0.05, 0.1) is 18.5 Å². The molecular weight excluding hydrogens is 286 g/mol. The number of hydrogen-bond donors (Lipinski definition) is 1. The number of rotatable bonds is 7. The van der Waals surface area contributed by atoms with Crippen LogP contribution in [-0.2, 0) is 14.8 Å². The van der Waals surface area contributed by atoms with E-state index in [-0.39, 0.29) is 17.3 Å². The largest absolute Gasteiger partial charge is 0.378 e. The van der Waals surface area contributed by atoms with Crippen LogP contribution in [0, 0.1) is 16.7 Å². The fourth-order valence-corrected chi connectivity index (χ4v) is 5.15. The van der Waals surface area contributed by atoms with Gasteiger partial charge in [-0.2, -0.15) is 0 Å². The van der Waals surface area contributed by atoms with E-state index in [4.69, 9.17) is 9.88 Å². The number of ether oxygens (including phenoxy) is 1. The first-order valence-electron chi connectivity index (χ1n) is 8.13. The minimum absolute atomic E-state index is 0.0126. The van der Waals surface area contributed by atoms with Gasteiger partial charge in [0.15, 0.2) is 0 Å². The molecule has 5 heteroatoms. The van der Waals surface area contributed by atoms with Crippen LogP contribution >= 0.6 is 0 Å². The molecule has 0 aromatic rings. The third-order valence-electron chi connectivity index (χ3n) is 4.98. The van der Waals surface area contributed by atoms with Crippen molar-refractivity contribution in [2.24, 2.45) is 21.9 Å². The van der Waals surface area contributed by atoms with E-state index in [2.05, 4.69) is 20.8 Å². The van der Waals surface area contributed by atoms with Crippen molar-refractivity contribution >= 4 is 10.0 Å². The Bertz CT molecular complexity index is 427. The molecule has 1 fully saturated rings. The number of sulfonamides is 1. The molecule has 0 heterocycles. The predicted molar refractivity (Wildman–Crippen MR) is 87.5 cm³/mol. The molecule has 1 rings (SSSR count). The Morgan fingerprint density at radius 3 is 2.24 bits per heavy atom. The molecule has 4 nitrogen and oxygen atoms in total. The molecule has 21 heavy (non-hydrogen) atoms. The fraction of sp³-hybridized carbons (Fsp3) is 1.00. The Kier molecular flexibility index (Phi) is 6.28. The van der Waals surface area contributed by atoms with Crippen LogP contribution in [0.2, 0.25) is 0 Å². The molecular formula is C16H33NO3S. The van der Waals surface area contributed by atoms with Gasteiger partial charge in [0.2, 0.25) is 10.0 Å². The minimum Gasteiger partial charge on any atom is -0.378 e. The maximum atomic E-state index is 11.5. The summed E-state index contributed by atoms with van der Waals surface area (Å²) in [6.45, 7) is 11.4. The van der Waals surface area contributed by atoms with E-state index in [9.17, 15) is 8.42 Å². The molecule has 1 saturated carbocycles. The molecule has 0 aliphatic heterocycles. The van der Waals surface area contributed by atoms with Crippen molar-refractivity contribution in [1.82, 2.24) is 0 Å². The van der Waals surface area contributed by atoms with Crippen LogP contribution in [0.5, 0.6) is 0 Å². The minimum atomic E-state index is -3.47. The van der Waals surface area contributed by atoms with Gasteiger partial charge in [0, 0.05) is 5.41 Å². The van der Waals surface area contributed by atoms with Crippen LogP contribution in [-0.4, -0.2) is 26.9 Å². The van der Waals surface area contributed by atoms with Gasteiger partial charge < -0.3 is 4.74 Å². The summed E-state index contributed by atoms with van der Waals surface area (Å²) in [5, 5.41) is 5.26. The van der Waals surface area contributed by atoms with E-state index in [0.717, 1.165) is 25.7 Å². The van der Waals surface area contributed by atoms with Crippen LogP contribution in [0.15, 0.2) is 0 Å². The lowest BCUT2D eigenvalue weighted by Gasteiger charge is -2.40. The average molecular weight is 320 g/mol. The van der Waals surface area contributed by atoms with E-state index >= 15 is 0 Å². The summed E-state index contributed by atoms with van der Waals surface area (Å²) < 4.78 is 29.1. The zero-order chi connectivity index (χ0) is 16.3. The van der Waals surface area contributed by atoms with Gasteiger partial charge in [-0.05, 0) is 43.4 Å². The van der Waals surface area contributed by atoms with Crippen molar-refractivity contribution < 1.29 is 13.2 Å². The van der Waals surface area contributed by atoms with Crippen molar-refractivity contribution in [3.05, 3.63) is 0 Å². The lowest BCUT2D eigenvalue weighted by atomic mass is 9.71. The van der Waals surface area contributed by atoms with E-state index in [1.807, 2.05) is 13.8 Å². The molecule has 0 saturated heterocycles. The highest BCUT2D eigenvalue weighted by atomic mass is 32.2. The van der Waals surface area contributed by atoms with E-state index < -0.39 is 10.0 Å². The Hall–Kier alpha value is -0.130. The summed E-state index contributed by atoms with van der Waals surface area (Å²) in [6, 6.07) is 0. The first-order valence-corrected chi connectivity index (χ1v) is 9.84. The lowest BCUT2D eigenvalue weighted by molar-refractivity contribution is -0.0561. The van der Waals surface area contributed by atoms with Gasteiger partial charge in [-0.25, -0.2) is 13.6 Å². The average Bonchev–Trinajstić information content (AvgIpc) is 2.31. The highest BCUT2D eigenvalue weighted by Gasteiger charge is 2.36. The molecule has 1 aliphatic carbocycles. The molecule has 0 radical (unpaired) electrons. The third kappa shape index (κ3) is 6.25.